The molecule has 2 aromatic carbocycles. The molecule has 0 aliphatic rings. The third kappa shape index (κ3) is 4.84. The highest BCUT2D eigenvalue weighted by atomic mass is 16.5. The number of nitrogens with one attached hydrogen (secondary N) is 1. The normalized spacial score (nSPS) is 11.6. The maximum atomic E-state index is 12.0. The van der Waals surface area contributed by atoms with Crippen molar-refractivity contribution in [1.29, 1.82) is 0 Å². The zero-order chi connectivity index (χ0) is 17.5. The molecule has 1 unspecified atom stereocenters. The largest absolute Gasteiger partial charge is 0.508 e. The van der Waals surface area contributed by atoms with Crippen LogP contribution in [0.4, 0.5) is 0 Å². The van der Waals surface area contributed by atoms with Crippen molar-refractivity contribution < 1.29 is 19.4 Å². The smallest absolute Gasteiger partial charge is 0.338 e. The van der Waals surface area contributed by atoms with E-state index in [-0.39, 0.29) is 24.3 Å². The Kier molecular flexibility index (Phi) is 5.95. The van der Waals surface area contributed by atoms with Gasteiger partial charge in [0.15, 0.2) is 6.61 Å². The average molecular weight is 327 g/mol. The number of phenols is 1. The molecule has 2 aromatic rings. The first-order chi connectivity index (χ1) is 11.5. The summed E-state index contributed by atoms with van der Waals surface area (Å²) in [4.78, 5) is 23.6. The minimum absolute atomic E-state index is 0.0563. The van der Waals surface area contributed by atoms with Gasteiger partial charge in [-0.2, -0.15) is 0 Å². The molecule has 0 fully saturated rings. The van der Waals surface area contributed by atoms with E-state index in [0.29, 0.717) is 5.56 Å². The number of amides is 1. The van der Waals surface area contributed by atoms with Gasteiger partial charge in [-0.1, -0.05) is 31.2 Å². The van der Waals surface area contributed by atoms with Gasteiger partial charge >= 0.3 is 5.97 Å². The molecule has 0 saturated heterocycles. The molecule has 126 valence electrons. The molecule has 2 N–H and O–H groups in total. The van der Waals surface area contributed by atoms with Crippen molar-refractivity contribution in [3.05, 3.63) is 54.1 Å². The van der Waals surface area contributed by atoms with E-state index in [1.54, 1.807) is 48.5 Å². The van der Waals surface area contributed by atoms with Gasteiger partial charge in [-0.25, -0.2) is 4.79 Å². The van der Waals surface area contributed by atoms with E-state index < -0.39 is 5.97 Å². The first kappa shape index (κ1) is 17.5. The number of ether oxygens (including phenoxy) is 1. The quantitative estimate of drug-likeness (QED) is 0.799. The Morgan fingerprint density at radius 2 is 1.58 bits per heavy atom. The molecule has 0 saturated carbocycles. The summed E-state index contributed by atoms with van der Waals surface area (Å²) in [5.74, 6) is -0.639. The highest BCUT2D eigenvalue weighted by Gasteiger charge is 2.11. The fourth-order valence-electron chi connectivity index (χ4n) is 2.09. The second-order valence-electron chi connectivity index (χ2n) is 5.58. The number of carbonyl (C=O) groups is 2. The number of hydrogen-bond donors (Lipinski definition) is 2. The van der Waals surface area contributed by atoms with E-state index in [4.69, 9.17) is 4.74 Å². The number of rotatable bonds is 6. The zero-order valence-corrected chi connectivity index (χ0v) is 13.8. The van der Waals surface area contributed by atoms with Crippen LogP contribution >= 0.6 is 0 Å². The van der Waals surface area contributed by atoms with E-state index in [0.717, 1.165) is 17.5 Å². The maximum absolute atomic E-state index is 12.0. The standard InChI is InChI=1S/C19H21NO4/c1-3-13(2)20-18(22)12-24-19(23)16-6-4-14(5-7-16)15-8-10-17(21)11-9-15/h4-11,13,21H,3,12H2,1-2H3,(H,20,22). The Balaban J connectivity index is 1.94. The van der Waals surface area contributed by atoms with E-state index in [2.05, 4.69) is 5.32 Å². The van der Waals surface area contributed by atoms with Crippen LogP contribution in [0.1, 0.15) is 30.6 Å². The SMILES string of the molecule is CCC(C)NC(=O)COC(=O)c1ccc(-c2ccc(O)cc2)cc1. The number of benzene rings is 2. The predicted molar refractivity (Wildman–Crippen MR) is 91.7 cm³/mol. The first-order valence-corrected chi connectivity index (χ1v) is 7.85. The molecule has 0 aliphatic heterocycles. The molecule has 1 atom stereocenters. The van der Waals surface area contributed by atoms with Crippen molar-refractivity contribution >= 4 is 11.9 Å². The van der Waals surface area contributed by atoms with E-state index >= 15 is 0 Å². The Morgan fingerprint density at radius 1 is 1.04 bits per heavy atom. The lowest BCUT2D eigenvalue weighted by Gasteiger charge is -2.11. The molecule has 24 heavy (non-hydrogen) atoms. The minimum atomic E-state index is -0.536. The Hall–Kier alpha value is -2.82. The van der Waals surface area contributed by atoms with Crippen LogP contribution in [0.2, 0.25) is 0 Å². The van der Waals surface area contributed by atoms with Gasteiger partial charge in [-0.15, -0.1) is 0 Å². The number of carbonyl (C=O) groups excluding carboxylic acids is 2. The van der Waals surface area contributed by atoms with Gasteiger partial charge in [0.1, 0.15) is 5.75 Å². The summed E-state index contributed by atoms with van der Waals surface area (Å²) in [6.45, 7) is 3.57. The third-order valence-corrected chi connectivity index (χ3v) is 3.68. The van der Waals surface area contributed by atoms with Gasteiger partial charge < -0.3 is 15.2 Å². The van der Waals surface area contributed by atoms with Crippen LogP contribution in [0.3, 0.4) is 0 Å². The van der Waals surface area contributed by atoms with Gasteiger partial charge in [0.05, 0.1) is 5.56 Å². The van der Waals surface area contributed by atoms with Gasteiger partial charge in [-0.05, 0) is 48.7 Å². The van der Waals surface area contributed by atoms with Crippen molar-refractivity contribution in [1.82, 2.24) is 5.32 Å². The molecular weight excluding hydrogens is 306 g/mol. The molecule has 0 radical (unpaired) electrons. The first-order valence-electron chi connectivity index (χ1n) is 7.85. The lowest BCUT2D eigenvalue weighted by atomic mass is 10.0. The lowest BCUT2D eigenvalue weighted by Crippen LogP contribution is -2.35. The molecule has 0 aliphatic carbocycles. The number of esters is 1. The molecule has 5 heteroatoms. The Morgan fingerprint density at radius 3 is 2.12 bits per heavy atom. The van der Waals surface area contributed by atoms with E-state index in [9.17, 15) is 14.7 Å². The molecule has 2 rings (SSSR count). The second-order valence-corrected chi connectivity index (χ2v) is 5.58. The van der Waals surface area contributed by atoms with Crippen molar-refractivity contribution in [3.63, 3.8) is 0 Å². The summed E-state index contributed by atoms with van der Waals surface area (Å²) in [6.07, 6.45) is 0.818. The van der Waals surface area contributed by atoms with Crippen LogP contribution in [-0.2, 0) is 9.53 Å². The molecule has 0 aromatic heterocycles. The minimum Gasteiger partial charge on any atom is -0.508 e. The summed E-state index contributed by atoms with van der Waals surface area (Å²) in [7, 11) is 0. The van der Waals surface area contributed by atoms with E-state index in [1.165, 1.54) is 0 Å². The highest BCUT2D eigenvalue weighted by molar-refractivity contribution is 5.91. The predicted octanol–water partition coefficient (Wildman–Crippen LogP) is 3.13. The van der Waals surface area contributed by atoms with Crippen LogP contribution in [-0.4, -0.2) is 29.6 Å². The van der Waals surface area contributed by atoms with Crippen molar-refractivity contribution in [2.75, 3.05) is 6.61 Å². The zero-order valence-electron chi connectivity index (χ0n) is 13.8. The van der Waals surface area contributed by atoms with Crippen LogP contribution in [0.5, 0.6) is 5.75 Å². The van der Waals surface area contributed by atoms with Gasteiger partial charge in [-0.3, -0.25) is 4.79 Å². The fourth-order valence-corrected chi connectivity index (χ4v) is 2.09. The van der Waals surface area contributed by atoms with Crippen molar-refractivity contribution in [2.45, 2.75) is 26.3 Å². The highest BCUT2D eigenvalue weighted by Crippen LogP contribution is 2.22. The van der Waals surface area contributed by atoms with Gasteiger partial charge in [0.25, 0.3) is 5.91 Å². The summed E-state index contributed by atoms with van der Waals surface area (Å²) in [5.41, 5.74) is 2.23. The summed E-state index contributed by atoms with van der Waals surface area (Å²) in [6, 6.07) is 13.7. The monoisotopic (exact) mass is 327 g/mol. The van der Waals surface area contributed by atoms with Gasteiger partial charge in [0, 0.05) is 6.04 Å². The van der Waals surface area contributed by atoms with E-state index in [1.807, 2.05) is 13.8 Å². The topological polar surface area (TPSA) is 75.6 Å². The number of hydrogen-bond acceptors (Lipinski definition) is 4. The van der Waals surface area contributed by atoms with Crippen LogP contribution in [0.25, 0.3) is 11.1 Å². The third-order valence-electron chi connectivity index (χ3n) is 3.68. The van der Waals surface area contributed by atoms with Crippen LogP contribution in [0.15, 0.2) is 48.5 Å². The molecule has 0 spiro atoms. The molecule has 0 heterocycles. The molecular formula is C19H21NO4. The number of aromatic hydroxyl groups is 1. The molecule has 5 nitrogen and oxygen atoms in total. The fraction of sp³-hybridized carbons (Fsp3) is 0.263. The van der Waals surface area contributed by atoms with Crippen molar-refractivity contribution in [3.8, 4) is 16.9 Å². The van der Waals surface area contributed by atoms with Gasteiger partial charge in [0.2, 0.25) is 0 Å². The Bertz CT molecular complexity index is 692. The summed E-state index contributed by atoms with van der Waals surface area (Å²) >= 11 is 0. The molecule has 1 amide bonds. The van der Waals surface area contributed by atoms with Crippen LogP contribution < -0.4 is 5.32 Å². The summed E-state index contributed by atoms with van der Waals surface area (Å²) in [5, 5.41) is 12.0. The maximum Gasteiger partial charge on any atom is 0.338 e. The average Bonchev–Trinajstić information content (AvgIpc) is 2.60. The van der Waals surface area contributed by atoms with Crippen molar-refractivity contribution in [2.24, 2.45) is 0 Å². The lowest BCUT2D eigenvalue weighted by molar-refractivity contribution is -0.124. The number of phenolic OH excluding ortho intramolecular Hbond substituents is 1. The summed E-state index contributed by atoms with van der Waals surface area (Å²) < 4.78 is 5.01. The Labute approximate surface area is 141 Å². The van der Waals surface area contributed by atoms with Crippen LogP contribution in [0, 0.1) is 0 Å². The second kappa shape index (κ2) is 8.15. The molecule has 0 bridgehead atoms.